The summed E-state index contributed by atoms with van der Waals surface area (Å²) >= 11 is 1.62. The molecule has 2 N–H and O–H groups in total. The van der Waals surface area contributed by atoms with Crippen molar-refractivity contribution in [1.82, 2.24) is 0 Å². The highest BCUT2D eigenvalue weighted by Crippen LogP contribution is 2.41. The minimum absolute atomic E-state index is 0.152. The van der Waals surface area contributed by atoms with Gasteiger partial charge in [0.2, 0.25) is 0 Å². The molecule has 37 heavy (non-hydrogen) atoms. The van der Waals surface area contributed by atoms with Crippen LogP contribution in [-0.2, 0) is 9.47 Å². The number of hydrogen-bond donors (Lipinski definition) is 2. The quantitative estimate of drug-likeness (QED) is 0.193. The molecule has 0 spiro atoms. The lowest BCUT2D eigenvalue weighted by atomic mass is 10.1. The number of ether oxygens (including phenoxy) is 4. The van der Waals surface area contributed by atoms with E-state index < -0.39 is 12.2 Å². The second-order valence-electron chi connectivity index (χ2n) is 8.98. The molecule has 0 aliphatic rings. The molecular formula is C30H40O6S. The molecule has 6 nitrogen and oxygen atoms in total. The molecule has 2 atom stereocenters. The van der Waals surface area contributed by atoms with Crippen molar-refractivity contribution in [2.24, 2.45) is 0 Å². The number of rotatable bonds is 18. The number of hydrogen-bond acceptors (Lipinski definition) is 7. The van der Waals surface area contributed by atoms with Gasteiger partial charge >= 0.3 is 0 Å². The van der Waals surface area contributed by atoms with Gasteiger partial charge in [0.25, 0.3) is 0 Å². The maximum Gasteiger partial charge on any atom is 0.134 e. The fraction of sp³-hybridized carbons (Fsp3) is 0.467. The van der Waals surface area contributed by atoms with E-state index in [1.165, 1.54) is 0 Å². The largest absolute Gasteiger partial charge is 0.491 e. The number of fused-ring (bicyclic) bond motifs is 1. The first-order valence-electron chi connectivity index (χ1n) is 13.2. The van der Waals surface area contributed by atoms with Crippen molar-refractivity contribution in [2.45, 2.75) is 61.5 Å². The lowest BCUT2D eigenvalue weighted by Crippen LogP contribution is -2.24. The smallest absolute Gasteiger partial charge is 0.134 e. The van der Waals surface area contributed by atoms with Crippen LogP contribution in [0.2, 0.25) is 0 Å². The number of benzene rings is 3. The third-order valence-corrected chi connectivity index (χ3v) is 6.78. The highest BCUT2D eigenvalue weighted by Gasteiger charge is 2.14. The second-order valence-corrected chi connectivity index (χ2v) is 10.1. The normalized spacial score (nSPS) is 13.0. The van der Waals surface area contributed by atoms with E-state index in [4.69, 9.17) is 18.9 Å². The summed E-state index contributed by atoms with van der Waals surface area (Å²) in [5.41, 5.74) is 0. The van der Waals surface area contributed by atoms with Crippen LogP contribution in [-0.4, -0.2) is 62.1 Å². The van der Waals surface area contributed by atoms with Crippen LogP contribution in [0, 0.1) is 0 Å². The monoisotopic (exact) mass is 528 g/mol. The zero-order chi connectivity index (χ0) is 26.3. The Kier molecular flexibility index (Phi) is 13.1. The van der Waals surface area contributed by atoms with E-state index in [9.17, 15) is 10.2 Å². The van der Waals surface area contributed by atoms with Crippen LogP contribution in [0.3, 0.4) is 0 Å². The van der Waals surface area contributed by atoms with Crippen molar-refractivity contribution in [3.05, 3.63) is 60.7 Å². The van der Waals surface area contributed by atoms with E-state index in [0.717, 1.165) is 46.2 Å². The summed E-state index contributed by atoms with van der Waals surface area (Å²) in [5, 5.41) is 22.5. The standard InChI is InChI=1S/C30H40O6S/c1-3-5-16-33-19-24(31)21-35-26-13-14-28-23(18-26)12-15-29(30(28)37-27-10-8-7-9-11-27)36-22-25(32)20-34-17-6-4-2/h7-15,18,24-25,31-32H,3-6,16-17,19-22H2,1-2H3. The Hall–Kier alpha value is -2.29. The Morgan fingerprint density at radius 2 is 1.38 bits per heavy atom. The average Bonchev–Trinajstić information content (AvgIpc) is 2.92. The summed E-state index contributed by atoms with van der Waals surface area (Å²) in [4.78, 5) is 2.06. The number of aliphatic hydroxyl groups is 2. The van der Waals surface area contributed by atoms with Gasteiger partial charge in [0.05, 0.1) is 18.1 Å². The van der Waals surface area contributed by atoms with Gasteiger partial charge in [-0.25, -0.2) is 0 Å². The van der Waals surface area contributed by atoms with Crippen molar-refractivity contribution in [3.63, 3.8) is 0 Å². The van der Waals surface area contributed by atoms with Crippen molar-refractivity contribution in [3.8, 4) is 11.5 Å². The molecule has 0 aromatic heterocycles. The molecule has 2 unspecified atom stereocenters. The summed E-state index contributed by atoms with van der Waals surface area (Å²) in [6.45, 7) is 6.35. The minimum Gasteiger partial charge on any atom is -0.491 e. The van der Waals surface area contributed by atoms with Crippen LogP contribution in [0.15, 0.2) is 70.5 Å². The first kappa shape index (κ1) is 29.3. The van der Waals surface area contributed by atoms with Gasteiger partial charge in [0.1, 0.15) is 36.9 Å². The zero-order valence-corrected chi connectivity index (χ0v) is 22.8. The molecule has 202 valence electrons. The summed E-state index contributed by atoms with van der Waals surface area (Å²) in [6, 6.07) is 19.9. The van der Waals surface area contributed by atoms with Crippen LogP contribution in [0.4, 0.5) is 0 Å². The van der Waals surface area contributed by atoms with Crippen LogP contribution in [0.5, 0.6) is 11.5 Å². The van der Waals surface area contributed by atoms with Crippen LogP contribution in [0.25, 0.3) is 10.8 Å². The minimum atomic E-state index is -0.699. The van der Waals surface area contributed by atoms with E-state index in [2.05, 4.69) is 26.0 Å². The van der Waals surface area contributed by atoms with Crippen molar-refractivity contribution >= 4 is 22.5 Å². The molecule has 3 aromatic carbocycles. The summed E-state index contributed by atoms with van der Waals surface area (Å²) in [7, 11) is 0. The predicted octanol–water partition coefficient (Wildman–Crippen LogP) is 6.10. The van der Waals surface area contributed by atoms with Gasteiger partial charge in [-0.3, -0.25) is 0 Å². The summed E-state index contributed by atoms with van der Waals surface area (Å²) < 4.78 is 22.9. The van der Waals surface area contributed by atoms with Gasteiger partial charge in [0.15, 0.2) is 0 Å². The van der Waals surface area contributed by atoms with Crippen LogP contribution >= 0.6 is 11.8 Å². The van der Waals surface area contributed by atoms with Gasteiger partial charge in [-0.2, -0.15) is 0 Å². The van der Waals surface area contributed by atoms with Gasteiger partial charge in [0, 0.05) is 18.1 Å². The third kappa shape index (κ3) is 10.2. The van der Waals surface area contributed by atoms with Crippen molar-refractivity contribution < 1.29 is 29.2 Å². The first-order chi connectivity index (χ1) is 18.1. The third-order valence-electron chi connectivity index (χ3n) is 5.65. The molecule has 0 amide bonds. The molecular weight excluding hydrogens is 488 g/mol. The zero-order valence-electron chi connectivity index (χ0n) is 21.9. The fourth-order valence-corrected chi connectivity index (χ4v) is 4.63. The molecule has 3 aromatic rings. The van der Waals surface area contributed by atoms with Gasteiger partial charge in [-0.05, 0) is 60.0 Å². The lowest BCUT2D eigenvalue weighted by molar-refractivity contribution is 0.0108. The maximum absolute atomic E-state index is 10.3. The molecule has 0 aliphatic heterocycles. The van der Waals surface area contributed by atoms with E-state index >= 15 is 0 Å². The fourth-order valence-electron chi connectivity index (χ4n) is 3.58. The Bertz CT molecular complexity index is 1040. The number of aliphatic hydroxyl groups excluding tert-OH is 2. The summed E-state index contributed by atoms with van der Waals surface area (Å²) in [5.74, 6) is 1.39. The highest BCUT2D eigenvalue weighted by atomic mass is 32.2. The molecule has 0 heterocycles. The lowest BCUT2D eigenvalue weighted by Gasteiger charge is -2.17. The van der Waals surface area contributed by atoms with E-state index in [1.807, 2.05) is 48.5 Å². The molecule has 3 rings (SSSR count). The Morgan fingerprint density at radius 1 is 0.730 bits per heavy atom. The Balaban J connectivity index is 1.70. The average molecular weight is 529 g/mol. The molecule has 7 heteroatoms. The second kappa shape index (κ2) is 16.5. The van der Waals surface area contributed by atoms with E-state index in [1.54, 1.807) is 11.8 Å². The molecule has 0 saturated heterocycles. The van der Waals surface area contributed by atoms with Crippen molar-refractivity contribution in [1.29, 1.82) is 0 Å². The Labute approximate surface area is 224 Å². The Morgan fingerprint density at radius 3 is 2.03 bits per heavy atom. The maximum atomic E-state index is 10.3. The molecule has 0 saturated carbocycles. The van der Waals surface area contributed by atoms with Gasteiger partial charge in [-0.1, -0.05) is 62.7 Å². The molecule has 0 radical (unpaired) electrons. The van der Waals surface area contributed by atoms with E-state index in [-0.39, 0.29) is 26.4 Å². The predicted molar refractivity (Wildman–Crippen MR) is 149 cm³/mol. The highest BCUT2D eigenvalue weighted by molar-refractivity contribution is 7.99. The summed E-state index contributed by atoms with van der Waals surface area (Å²) in [6.07, 6.45) is 2.71. The van der Waals surface area contributed by atoms with Crippen molar-refractivity contribution in [2.75, 3.05) is 39.6 Å². The SMILES string of the molecule is CCCCOCC(O)COc1ccc2c(Sc3ccccc3)c(OCC(O)COCCCC)ccc2c1. The van der Waals surface area contributed by atoms with Crippen LogP contribution in [0.1, 0.15) is 39.5 Å². The topological polar surface area (TPSA) is 77.4 Å². The molecule has 0 bridgehead atoms. The van der Waals surface area contributed by atoms with Gasteiger partial charge in [-0.15, -0.1) is 0 Å². The molecule has 0 aliphatic carbocycles. The molecule has 0 fully saturated rings. The first-order valence-corrected chi connectivity index (χ1v) is 14.0. The van der Waals surface area contributed by atoms with Crippen LogP contribution < -0.4 is 9.47 Å². The van der Waals surface area contributed by atoms with Gasteiger partial charge < -0.3 is 29.2 Å². The van der Waals surface area contributed by atoms with E-state index in [0.29, 0.717) is 24.7 Å². The number of unbranched alkanes of at least 4 members (excludes halogenated alkanes) is 2.